The third kappa shape index (κ3) is 5.41. The minimum absolute atomic E-state index is 0.0175. The van der Waals surface area contributed by atoms with Gasteiger partial charge in [0.15, 0.2) is 10.9 Å². The maximum atomic E-state index is 12.4. The van der Waals surface area contributed by atoms with Gasteiger partial charge < -0.3 is 5.32 Å². The molecule has 29 heavy (non-hydrogen) atoms. The third-order valence-corrected chi connectivity index (χ3v) is 5.36. The number of hydrazine groups is 1. The Morgan fingerprint density at radius 2 is 1.72 bits per heavy atom. The molecule has 3 N–H and O–H groups in total. The first kappa shape index (κ1) is 21.0. The minimum Gasteiger partial charge on any atom is -0.331 e. The molecule has 2 aromatic rings. The van der Waals surface area contributed by atoms with Crippen molar-refractivity contribution in [2.45, 2.75) is 45.4 Å². The van der Waals surface area contributed by atoms with Crippen LogP contribution >= 0.6 is 12.2 Å². The predicted molar refractivity (Wildman–Crippen MR) is 120 cm³/mol. The molecule has 1 fully saturated rings. The van der Waals surface area contributed by atoms with Gasteiger partial charge in [0, 0.05) is 17.2 Å². The number of nitrogens with one attached hydrogen (secondary N) is 3. The van der Waals surface area contributed by atoms with E-state index < -0.39 is 0 Å². The van der Waals surface area contributed by atoms with Crippen molar-refractivity contribution < 1.29 is 9.59 Å². The standard InChI is InChI=1S/C23H27N3O2S/c1-14(27)16-6-5-7-18(12-16)24-22(29)26-25-21(28)20-13-19(20)15-8-10-17(11-9-15)23(2,3)4/h5-12,19-20H,13H2,1-4H3,(H,25,28)(H2,24,26,29). The molecular weight excluding hydrogens is 382 g/mol. The van der Waals surface area contributed by atoms with Crippen LogP contribution in [0.1, 0.15) is 61.5 Å². The van der Waals surface area contributed by atoms with Gasteiger partial charge in [-0.3, -0.25) is 20.4 Å². The van der Waals surface area contributed by atoms with Crippen LogP contribution in [-0.2, 0) is 10.2 Å². The first-order chi connectivity index (χ1) is 13.6. The van der Waals surface area contributed by atoms with Crippen LogP contribution in [0.5, 0.6) is 0 Å². The lowest BCUT2D eigenvalue weighted by atomic mass is 9.86. The molecule has 2 unspecified atom stereocenters. The zero-order valence-electron chi connectivity index (χ0n) is 17.2. The molecule has 0 heterocycles. The molecule has 1 saturated carbocycles. The summed E-state index contributed by atoms with van der Waals surface area (Å²) in [4.78, 5) is 23.9. The van der Waals surface area contributed by atoms with Gasteiger partial charge in [-0.25, -0.2) is 0 Å². The molecule has 0 aromatic heterocycles. The first-order valence-electron chi connectivity index (χ1n) is 9.73. The van der Waals surface area contributed by atoms with Gasteiger partial charge in [0.05, 0.1) is 0 Å². The lowest BCUT2D eigenvalue weighted by Gasteiger charge is -2.19. The molecule has 1 aliphatic carbocycles. The predicted octanol–water partition coefficient (Wildman–Crippen LogP) is 4.31. The quantitative estimate of drug-likeness (QED) is 0.399. The number of Topliss-reactive ketones (excluding diaryl/α,β-unsaturated/α-hetero) is 1. The van der Waals surface area contributed by atoms with E-state index in [-0.39, 0.29) is 34.1 Å². The van der Waals surface area contributed by atoms with Crippen LogP contribution in [0.2, 0.25) is 0 Å². The summed E-state index contributed by atoms with van der Waals surface area (Å²) in [6.45, 7) is 8.08. The summed E-state index contributed by atoms with van der Waals surface area (Å²) >= 11 is 5.22. The summed E-state index contributed by atoms with van der Waals surface area (Å²) in [5.74, 6) is 0.110. The number of benzene rings is 2. The van der Waals surface area contributed by atoms with Crippen molar-refractivity contribution in [3.05, 3.63) is 65.2 Å². The fraction of sp³-hybridized carbons (Fsp3) is 0.348. The second-order valence-corrected chi connectivity index (χ2v) is 8.93. The van der Waals surface area contributed by atoms with Gasteiger partial charge >= 0.3 is 0 Å². The van der Waals surface area contributed by atoms with E-state index >= 15 is 0 Å². The summed E-state index contributed by atoms with van der Waals surface area (Å²) in [5.41, 5.74) is 9.30. The molecule has 5 nitrogen and oxygen atoms in total. The van der Waals surface area contributed by atoms with Crippen molar-refractivity contribution in [1.29, 1.82) is 0 Å². The molecule has 0 bridgehead atoms. The molecule has 3 rings (SSSR count). The molecule has 152 valence electrons. The van der Waals surface area contributed by atoms with Crippen LogP contribution in [-0.4, -0.2) is 16.8 Å². The van der Waals surface area contributed by atoms with Crippen LogP contribution in [0.15, 0.2) is 48.5 Å². The van der Waals surface area contributed by atoms with Crippen molar-refractivity contribution in [1.82, 2.24) is 10.9 Å². The Labute approximate surface area is 177 Å². The second kappa shape index (κ2) is 8.33. The first-order valence-corrected chi connectivity index (χ1v) is 10.1. The molecule has 1 amide bonds. The Kier molecular flexibility index (Phi) is 6.03. The maximum absolute atomic E-state index is 12.4. The third-order valence-electron chi connectivity index (χ3n) is 5.16. The van der Waals surface area contributed by atoms with Gasteiger partial charge in [-0.1, -0.05) is 57.2 Å². The summed E-state index contributed by atoms with van der Waals surface area (Å²) in [6, 6.07) is 15.6. The van der Waals surface area contributed by atoms with Crippen LogP contribution in [0, 0.1) is 5.92 Å². The van der Waals surface area contributed by atoms with Crippen LogP contribution in [0.4, 0.5) is 5.69 Å². The SMILES string of the molecule is CC(=O)c1cccc(NC(=S)NNC(=O)C2CC2c2ccc(C(C)(C)C)cc2)c1. The van der Waals surface area contributed by atoms with Gasteiger partial charge in [-0.2, -0.15) is 0 Å². The van der Waals surface area contributed by atoms with E-state index in [9.17, 15) is 9.59 Å². The Morgan fingerprint density at radius 3 is 2.34 bits per heavy atom. The monoisotopic (exact) mass is 409 g/mol. The highest BCUT2D eigenvalue weighted by molar-refractivity contribution is 7.80. The highest BCUT2D eigenvalue weighted by Gasteiger charge is 2.44. The van der Waals surface area contributed by atoms with Crippen molar-refractivity contribution in [2.24, 2.45) is 5.92 Å². The molecular formula is C23H27N3O2S. The second-order valence-electron chi connectivity index (χ2n) is 8.53. The highest BCUT2D eigenvalue weighted by atomic mass is 32.1. The molecule has 1 aliphatic rings. The summed E-state index contributed by atoms with van der Waals surface area (Å²) < 4.78 is 0. The van der Waals surface area contributed by atoms with E-state index in [1.165, 1.54) is 18.1 Å². The number of thiocarbonyl (C=S) groups is 1. The molecule has 0 aliphatic heterocycles. The topological polar surface area (TPSA) is 70.2 Å². The van der Waals surface area contributed by atoms with E-state index in [0.29, 0.717) is 11.3 Å². The number of amides is 1. The van der Waals surface area contributed by atoms with Crippen molar-refractivity contribution in [2.75, 3.05) is 5.32 Å². The Hall–Kier alpha value is -2.73. The summed E-state index contributed by atoms with van der Waals surface area (Å²) in [7, 11) is 0. The summed E-state index contributed by atoms with van der Waals surface area (Å²) in [5, 5.41) is 3.24. The number of hydrogen-bond acceptors (Lipinski definition) is 3. The number of carbonyl (C=O) groups excluding carboxylic acids is 2. The van der Waals surface area contributed by atoms with E-state index in [1.54, 1.807) is 24.3 Å². The summed E-state index contributed by atoms with van der Waals surface area (Å²) in [6.07, 6.45) is 0.837. The normalized spacial score (nSPS) is 17.9. The average molecular weight is 410 g/mol. The minimum atomic E-state index is -0.0727. The largest absolute Gasteiger partial charge is 0.331 e. The maximum Gasteiger partial charge on any atom is 0.242 e. The van der Waals surface area contributed by atoms with Crippen LogP contribution in [0.3, 0.4) is 0 Å². The smallest absolute Gasteiger partial charge is 0.242 e. The fourth-order valence-electron chi connectivity index (χ4n) is 3.27. The molecule has 6 heteroatoms. The zero-order chi connectivity index (χ0) is 21.2. The molecule has 2 atom stereocenters. The van der Waals surface area contributed by atoms with Gasteiger partial charge in [0.2, 0.25) is 5.91 Å². The van der Waals surface area contributed by atoms with Gasteiger partial charge in [-0.15, -0.1) is 0 Å². The van der Waals surface area contributed by atoms with Crippen molar-refractivity contribution in [3.8, 4) is 0 Å². The van der Waals surface area contributed by atoms with E-state index in [0.717, 1.165) is 6.42 Å². The molecule has 0 spiro atoms. The highest BCUT2D eigenvalue weighted by Crippen LogP contribution is 2.47. The lowest BCUT2D eigenvalue weighted by Crippen LogP contribution is -2.44. The Morgan fingerprint density at radius 1 is 1.03 bits per heavy atom. The van der Waals surface area contributed by atoms with Crippen LogP contribution in [0.25, 0.3) is 0 Å². The Balaban J connectivity index is 1.48. The van der Waals surface area contributed by atoms with E-state index in [4.69, 9.17) is 12.2 Å². The number of anilines is 1. The van der Waals surface area contributed by atoms with Gasteiger partial charge in [0.1, 0.15) is 0 Å². The number of rotatable bonds is 4. The van der Waals surface area contributed by atoms with Gasteiger partial charge in [0.25, 0.3) is 0 Å². The lowest BCUT2D eigenvalue weighted by molar-refractivity contribution is -0.122. The average Bonchev–Trinajstić information content (AvgIpc) is 3.46. The van der Waals surface area contributed by atoms with E-state index in [2.05, 4.69) is 61.2 Å². The number of ketones is 1. The number of carbonyl (C=O) groups is 2. The van der Waals surface area contributed by atoms with Crippen molar-refractivity contribution >= 4 is 34.7 Å². The zero-order valence-corrected chi connectivity index (χ0v) is 18.0. The molecule has 2 aromatic carbocycles. The van der Waals surface area contributed by atoms with E-state index in [1.807, 2.05) is 0 Å². The van der Waals surface area contributed by atoms with Gasteiger partial charge in [-0.05, 0) is 60.2 Å². The Bertz CT molecular complexity index is 932. The molecule has 0 radical (unpaired) electrons. The van der Waals surface area contributed by atoms with Crippen molar-refractivity contribution in [3.63, 3.8) is 0 Å². The van der Waals surface area contributed by atoms with Crippen LogP contribution < -0.4 is 16.2 Å². The number of hydrogen-bond donors (Lipinski definition) is 3. The fourth-order valence-corrected chi connectivity index (χ4v) is 3.44. The molecule has 0 saturated heterocycles.